The molecule has 1 heterocycles. The molecule has 1 aliphatic heterocycles. The Labute approximate surface area is 232 Å². The van der Waals surface area contributed by atoms with Gasteiger partial charge in [-0.15, -0.1) is 0 Å². The number of nitrogens with one attached hydrogen (secondary N) is 1. The van der Waals surface area contributed by atoms with Gasteiger partial charge in [0.05, 0.1) is 12.0 Å². The molecule has 7 rings (SSSR count). The fourth-order valence-electron chi connectivity index (χ4n) is 7.48. The van der Waals surface area contributed by atoms with Crippen LogP contribution in [0.2, 0.25) is 5.02 Å². The van der Waals surface area contributed by atoms with Crippen molar-refractivity contribution in [3.63, 3.8) is 0 Å². The Bertz CT molecular complexity index is 1330. The first-order valence-electron chi connectivity index (χ1n) is 13.2. The van der Waals surface area contributed by atoms with E-state index in [1.807, 2.05) is 13.0 Å². The molecule has 198 valence electrons. The first kappa shape index (κ1) is 25.5. The third-order valence-corrected chi connectivity index (χ3v) is 9.96. The smallest absolute Gasteiger partial charge is 0.294 e. The lowest BCUT2D eigenvalue weighted by molar-refractivity contribution is -0.127. The van der Waals surface area contributed by atoms with Crippen molar-refractivity contribution < 1.29 is 19.1 Å². The van der Waals surface area contributed by atoms with Crippen LogP contribution >= 0.6 is 23.4 Å². The first-order chi connectivity index (χ1) is 18.2. The number of benzene rings is 2. The number of ether oxygens (including phenoxy) is 1. The van der Waals surface area contributed by atoms with Crippen LogP contribution in [0.3, 0.4) is 0 Å². The number of nitrogens with zero attached hydrogens (tertiary/aromatic N) is 1. The molecule has 3 amide bonds. The van der Waals surface area contributed by atoms with Gasteiger partial charge in [-0.2, -0.15) is 0 Å². The zero-order valence-corrected chi connectivity index (χ0v) is 23.2. The van der Waals surface area contributed by atoms with Crippen molar-refractivity contribution in [3.05, 3.63) is 63.0 Å². The van der Waals surface area contributed by atoms with Gasteiger partial charge >= 0.3 is 0 Å². The summed E-state index contributed by atoms with van der Waals surface area (Å²) >= 11 is 6.90. The molecule has 4 bridgehead atoms. The van der Waals surface area contributed by atoms with Crippen LogP contribution in [0.1, 0.15) is 55.2 Å². The molecule has 5 aliphatic rings. The highest BCUT2D eigenvalue weighted by Gasteiger charge is 2.51. The Balaban J connectivity index is 1.23. The Morgan fingerprint density at radius 3 is 2.45 bits per heavy atom. The van der Waals surface area contributed by atoms with E-state index < -0.39 is 17.1 Å². The van der Waals surface area contributed by atoms with E-state index in [2.05, 4.69) is 17.4 Å². The number of rotatable bonds is 6. The Morgan fingerprint density at radius 1 is 1.11 bits per heavy atom. The van der Waals surface area contributed by atoms with Crippen molar-refractivity contribution in [2.24, 2.45) is 17.8 Å². The van der Waals surface area contributed by atoms with E-state index in [1.54, 1.807) is 31.4 Å². The number of hydrogen-bond donors (Lipinski definition) is 1. The zero-order chi connectivity index (χ0) is 26.6. The van der Waals surface area contributed by atoms with Crippen molar-refractivity contribution in [2.45, 2.75) is 50.9 Å². The van der Waals surface area contributed by atoms with E-state index in [9.17, 15) is 14.4 Å². The van der Waals surface area contributed by atoms with E-state index in [0.717, 1.165) is 45.5 Å². The summed E-state index contributed by atoms with van der Waals surface area (Å²) in [6, 6.07) is 11.5. The van der Waals surface area contributed by atoms with Crippen molar-refractivity contribution in [3.8, 4) is 5.75 Å². The predicted octanol–water partition coefficient (Wildman–Crippen LogP) is 6.80. The molecule has 0 spiro atoms. The summed E-state index contributed by atoms with van der Waals surface area (Å²) < 4.78 is 5.63. The number of amides is 3. The van der Waals surface area contributed by atoms with Crippen LogP contribution in [0.15, 0.2) is 41.3 Å². The summed E-state index contributed by atoms with van der Waals surface area (Å²) in [6.45, 7) is 1.48. The Morgan fingerprint density at radius 2 is 1.79 bits per heavy atom. The third-order valence-electron chi connectivity index (χ3n) is 8.82. The summed E-state index contributed by atoms with van der Waals surface area (Å²) in [6.07, 6.45) is 9.58. The van der Waals surface area contributed by atoms with E-state index >= 15 is 0 Å². The molecule has 2 aromatic carbocycles. The van der Waals surface area contributed by atoms with Crippen LogP contribution in [0.5, 0.6) is 5.75 Å². The van der Waals surface area contributed by atoms with Crippen LogP contribution in [-0.2, 0) is 15.0 Å². The lowest BCUT2D eigenvalue weighted by atomic mass is 9.48. The lowest BCUT2D eigenvalue weighted by Gasteiger charge is -2.57. The maximum atomic E-state index is 13.2. The van der Waals surface area contributed by atoms with Crippen LogP contribution in [-0.4, -0.2) is 35.6 Å². The molecule has 4 saturated carbocycles. The Kier molecular flexibility index (Phi) is 6.55. The number of aryl methyl sites for hydroxylation is 1. The number of anilines is 1. The van der Waals surface area contributed by atoms with Gasteiger partial charge in [-0.1, -0.05) is 23.7 Å². The second-order valence-electron chi connectivity index (χ2n) is 11.4. The summed E-state index contributed by atoms with van der Waals surface area (Å²) in [5.74, 6) is 2.21. The number of hydrogen-bond acceptors (Lipinski definition) is 5. The summed E-state index contributed by atoms with van der Waals surface area (Å²) in [4.78, 5) is 39.9. The minimum Gasteiger partial charge on any atom is -0.496 e. The largest absolute Gasteiger partial charge is 0.496 e. The zero-order valence-electron chi connectivity index (χ0n) is 21.6. The van der Waals surface area contributed by atoms with Crippen LogP contribution in [0.4, 0.5) is 10.5 Å². The summed E-state index contributed by atoms with van der Waals surface area (Å²) in [7, 11) is 1.62. The highest BCUT2D eigenvalue weighted by Crippen LogP contribution is 2.61. The van der Waals surface area contributed by atoms with Crippen LogP contribution in [0, 0.1) is 24.7 Å². The minimum atomic E-state index is -0.472. The van der Waals surface area contributed by atoms with Gasteiger partial charge in [0.15, 0.2) is 0 Å². The maximum absolute atomic E-state index is 13.2. The molecule has 0 radical (unpaired) electrons. The van der Waals surface area contributed by atoms with E-state index in [0.29, 0.717) is 21.4 Å². The van der Waals surface area contributed by atoms with Crippen LogP contribution < -0.4 is 10.1 Å². The minimum absolute atomic E-state index is 0.208. The highest BCUT2D eigenvalue weighted by atomic mass is 35.5. The molecular formula is C30H31ClN2O4S. The van der Waals surface area contributed by atoms with E-state index in [4.69, 9.17) is 16.3 Å². The van der Waals surface area contributed by atoms with Crippen molar-refractivity contribution in [1.29, 1.82) is 0 Å². The van der Waals surface area contributed by atoms with Gasteiger partial charge in [-0.3, -0.25) is 19.3 Å². The molecule has 1 N–H and O–H groups in total. The molecule has 0 aromatic heterocycles. The van der Waals surface area contributed by atoms with Gasteiger partial charge in [0.1, 0.15) is 12.3 Å². The summed E-state index contributed by atoms with van der Waals surface area (Å²) in [5.41, 5.74) is 3.71. The SMILES string of the molecule is COc1ccc(C23CC4CC(CC(C4)C2)C3)cc1/C=C1/SC(=O)N(CC(=O)Nc2cc(Cl)ccc2C)C1=O. The number of carbonyl (C=O) groups excluding carboxylic acids is 3. The van der Waals surface area contributed by atoms with E-state index in [-0.39, 0.29) is 12.0 Å². The molecule has 4 aliphatic carbocycles. The lowest BCUT2D eigenvalue weighted by Crippen LogP contribution is -2.48. The Hall–Kier alpha value is -2.77. The number of imide groups is 1. The fourth-order valence-corrected chi connectivity index (χ4v) is 8.48. The molecule has 5 fully saturated rings. The normalized spacial score (nSPS) is 28.9. The highest BCUT2D eigenvalue weighted by molar-refractivity contribution is 8.18. The second-order valence-corrected chi connectivity index (χ2v) is 12.9. The monoisotopic (exact) mass is 550 g/mol. The number of halogens is 1. The molecule has 2 aromatic rings. The average molecular weight is 551 g/mol. The topological polar surface area (TPSA) is 75.7 Å². The molecule has 38 heavy (non-hydrogen) atoms. The molecule has 6 nitrogen and oxygen atoms in total. The number of carbonyl (C=O) groups is 3. The molecule has 1 saturated heterocycles. The van der Waals surface area contributed by atoms with Gasteiger partial charge < -0.3 is 10.1 Å². The van der Waals surface area contributed by atoms with Gasteiger partial charge in [-0.05, 0) is 122 Å². The van der Waals surface area contributed by atoms with Gasteiger partial charge in [0, 0.05) is 16.3 Å². The fraction of sp³-hybridized carbons (Fsp3) is 0.433. The number of methoxy groups -OCH3 is 1. The van der Waals surface area contributed by atoms with Crippen LogP contribution in [0.25, 0.3) is 6.08 Å². The number of thioether (sulfide) groups is 1. The first-order valence-corrected chi connectivity index (χ1v) is 14.4. The second kappa shape index (κ2) is 9.76. The maximum Gasteiger partial charge on any atom is 0.294 e. The molecular weight excluding hydrogens is 520 g/mol. The van der Waals surface area contributed by atoms with Gasteiger partial charge in [0.2, 0.25) is 5.91 Å². The average Bonchev–Trinajstić information content (AvgIpc) is 3.12. The quantitative estimate of drug-likeness (QED) is 0.400. The molecule has 8 heteroatoms. The summed E-state index contributed by atoms with van der Waals surface area (Å²) in [5, 5.41) is 2.78. The van der Waals surface area contributed by atoms with Crippen molar-refractivity contribution in [1.82, 2.24) is 4.90 Å². The molecule has 0 unspecified atom stereocenters. The van der Waals surface area contributed by atoms with Crippen molar-refractivity contribution in [2.75, 3.05) is 19.0 Å². The van der Waals surface area contributed by atoms with Crippen molar-refractivity contribution >= 4 is 52.2 Å². The predicted molar refractivity (Wildman–Crippen MR) is 150 cm³/mol. The standard InChI is InChI=1S/C30H31ClN2O4S/c1-17-3-5-23(31)12-24(17)32-27(34)16-33-28(35)26(38-29(33)36)11-21-10-22(4-6-25(21)37-2)30-13-18-7-19(14-30)9-20(8-18)15-30/h3-6,10-12,18-20H,7-9,13-16H2,1-2H3,(H,32,34)/b26-11+. The van der Waals surface area contributed by atoms with Gasteiger partial charge in [0.25, 0.3) is 11.1 Å². The van der Waals surface area contributed by atoms with Gasteiger partial charge in [-0.25, -0.2) is 0 Å². The molecule has 0 atom stereocenters. The third kappa shape index (κ3) is 4.64. The van der Waals surface area contributed by atoms with E-state index in [1.165, 1.54) is 44.1 Å².